The van der Waals surface area contributed by atoms with Crippen molar-refractivity contribution in [2.75, 3.05) is 24.2 Å². The molecular weight excluding hydrogens is 230 g/mol. The predicted molar refractivity (Wildman–Crippen MR) is 73.8 cm³/mol. The van der Waals surface area contributed by atoms with Crippen molar-refractivity contribution in [2.45, 2.75) is 33.3 Å². The zero-order valence-corrected chi connectivity index (χ0v) is 11.3. The number of aromatic nitrogens is 1. The van der Waals surface area contributed by atoms with Crippen LogP contribution in [0.25, 0.3) is 0 Å². The Morgan fingerprint density at radius 3 is 2.78 bits per heavy atom. The van der Waals surface area contributed by atoms with Crippen molar-refractivity contribution in [1.29, 1.82) is 0 Å². The average Bonchev–Trinajstić information content (AvgIpc) is 2.29. The molecule has 0 radical (unpaired) electrons. The summed E-state index contributed by atoms with van der Waals surface area (Å²) in [5.41, 5.74) is 6.25. The van der Waals surface area contributed by atoms with E-state index in [0.29, 0.717) is 36.5 Å². The largest absolute Gasteiger partial charge is 0.476 e. The molecule has 1 heterocycles. The fourth-order valence-electron chi connectivity index (χ4n) is 1.65. The number of nitrogens with zero attached hydrogens (tertiary/aromatic N) is 1. The summed E-state index contributed by atoms with van der Waals surface area (Å²) in [6.45, 7) is 7.04. The molecule has 1 atom stereocenters. The number of nitrogens with one attached hydrogen (secondary N) is 1. The fraction of sp³-hybridized carbons (Fsp3) is 0.615. The van der Waals surface area contributed by atoms with Crippen molar-refractivity contribution in [3.05, 3.63) is 12.1 Å². The molecular formula is C13H23N3O2. The molecule has 0 saturated heterocycles. The van der Waals surface area contributed by atoms with Gasteiger partial charge < -0.3 is 20.9 Å². The first kappa shape index (κ1) is 14.6. The molecule has 5 nitrogen and oxygen atoms in total. The van der Waals surface area contributed by atoms with Gasteiger partial charge in [-0.2, -0.15) is 4.98 Å². The van der Waals surface area contributed by atoms with Gasteiger partial charge in [-0.3, -0.25) is 0 Å². The predicted octanol–water partition coefficient (Wildman–Crippen LogP) is 1.88. The first-order valence-corrected chi connectivity index (χ1v) is 6.34. The molecule has 0 aliphatic heterocycles. The average molecular weight is 253 g/mol. The number of aliphatic hydroxyl groups excluding tert-OH is 1. The molecule has 0 aromatic carbocycles. The summed E-state index contributed by atoms with van der Waals surface area (Å²) >= 11 is 0. The number of nitrogen functional groups attached to an aromatic ring is 1. The summed E-state index contributed by atoms with van der Waals surface area (Å²) in [4.78, 5) is 4.24. The molecule has 18 heavy (non-hydrogen) atoms. The minimum atomic E-state index is -0.375. The van der Waals surface area contributed by atoms with Crippen LogP contribution in [0.5, 0.6) is 5.88 Å². The van der Waals surface area contributed by atoms with E-state index >= 15 is 0 Å². The molecule has 1 aromatic rings. The Labute approximate surface area is 108 Å². The molecule has 1 rings (SSSR count). The van der Waals surface area contributed by atoms with E-state index in [1.54, 1.807) is 12.1 Å². The number of nitrogens with two attached hydrogens (primary N) is 1. The highest BCUT2D eigenvalue weighted by atomic mass is 16.5. The smallest absolute Gasteiger partial charge is 0.239 e. The standard InChI is InChI=1S/C13H23N3O2/c1-4-18-13-11(14)5-6-12(16-13)15-8-10(17)7-9(2)3/h5-6,9-10,17H,4,7-8,14H2,1-3H3,(H,15,16). The second kappa shape index (κ2) is 7.06. The highest BCUT2D eigenvalue weighted by Gasteiger charge is 2.08. The maximum atomic E-state index is 9.76. The van der Waals surface area contributed by atoms with Crippen LogP contribution < -0.4 is 15.8 Å². The molecule has 0 spiro atoms. The number of anilines is 2. The lowest BCUT2D eigenvalue weighted by Gasteiger charge is -2.15. The third kappa shape index (κ3) is 4.79. The second-order valence-electron chi connectivity index (χ2n) is 4.69. The van der Waals surface area contributed by atoms with E-state index in [-0.39, 0.29) is 6.10 Å². The minimum absolute atomic E-state index is 0.375. The Balaban J connectivity index is 2.54. The molecule has 0 saturated carbocycles. The van der Waals surface area contributed by atoms with Crippen molar-refractivity contribution in [3.8, 4) is 5.88 Å². The molecule has 1 aromatic heterocycles. The fourth-order valence-corrected chi connectivity index (χ4v) is 1.65. The zero-order chi connectivity index (χ0) is 13.5. The number of hydrogen-bond donors (Lipinski definition) is 3. The van der Waals surface area contributed by atoms with Crippen molar-refractivity contribution < 1.29 is 9.84 Å². The monoisotopic (exact) mass is 253 g/mol. The van der Waals surface area contributed by atoms with Crippen LogP contribution in [-0.2, 0) is 0 Å². The first-order chi connectivity index (χ1) is 8.52. The van der Waals surface area contributed by atoms with Crippen LogP contribution in [0.2, 0.25) is 0 Å². The molecule has 102 valence electrons. The molecule has 1 unspecified atom stereocenters. The van der Waals surface area contributed by atoms with Gasteiger partial charge in [0.05, 0.1) is 18.4 Å². The van der Waals surface area contributed by atoms with Crippen LogP contribution in [0.1, 0.15) is 27.2 Å². The summed E-state index contributed by atoms with van der Waals surface area (Å²) in [5.74, 6) is 1.57. The van der Waals surface area contributed by atoms with Gasteiger partial charge in [-0.15, -0.1) is 0 Å². The van der Waals surface area contributed by atoms with Crippen LogP contribution in [-0.4, -0.2) is 29.3 Å². The number of hydrogen-bond acceptors (Lipinski definition) is 5. The minimum Gasteiger partial charge on any atom is -0.476 e. The van der Waals surface area contributed by atoms with E-state index in [1.807, 2.05) is 6.92 Å². The highest BCUT2D eigenvalue weighted by molar-refractivity contribution is 5.53. The van der Waals surface area contributed by atoms with Gasteiger partial charge in [-0.1, -0.05) is 13.8 Å². The SMILES string of the molecule is CCOc1nc(NCC(O)CC(C)C)ccc1N. The molecule has 0 aliphatic carbocycles. The number of aliphatic hydroxyl groups is 1. The lowest BCUT2D eigenvalue weighted by Crippen LogP contribution is -2.21. The Kier molecular flexibility index (Phi) is 5.71. The summed E-state index contributed by atoms with van der Waals surface area (Å²) in [6.07, 6.45) is 0.389. The van der Waals surface area contributed by atoms with Crippen LogP contribution in [0, 0.1) is 5.92 Å². The maximum absolute atomic E-state index is 9.76. The van der Waals surface area contributed by atoms with Gasteiger partial charge in [-0.25, -0.2) is 0 Å². The van der Waals surface area contributed by atoms with E-state index in [4.69, 9.17) is 10.5 Å². The highest BCUT2D eigenvalue weighted by Crippen LogP contribution is 2.20. The second-order valence-corrected chi connectivity index (χ2v) is 4.69. The van der Waals surface area contributed by atoms with Crippen LogP contribution in [0.15, 0.2) is 12.1 Å². The zero-order valence-electron chi connectivity index (χ0n) is 11.3. The van der Waals surface area contributed by atoms with Gasteiger partial charge in [0.25, 0.3) is 0 Å². The molecule has 4 N–H and O–H groups in total. The molecule has 0 bridgehead atoms. The number of pyridine rings is 1. The van der Waals surface area contributed by atoms with Crippen molar-refractivity contribution in [3.63, 3.8) is 0 Å². The van der Waals surface area contributed by atoms with E-state index in [0.717, 1.165) is 6.42 Å². The number of rotatable bonds is 7. The Hall–Kier alpha value is -1.49. The van der Waals surface area contributed by atoms with E-state index in [1.165, 1.54) is 0 Å². The van der Waals surface area contributed by atoms with Gasteiger partial charge in [-0.05, 0) is 31.4 Å². The van der Waals surface area contributed by atoms with Gasteiger partial charge >= 0.3 is 0 Å². The Morgan fingerprint density at radius 2 is 2.17 bits per heavy atom. The summed E-state index contributed by atoms with van der Waals surface area (Å²) in [7, 11) is 0. The van der Waals surface area contributed by atoms with Crippen LogP contribution in [0.4, 0.5) is 11.5 Å². The lowest BCUT2D eigenvalue weighted by molar-refractivity contribution is 0.161. The van der Waals surface area contributed by atoms with Crippen molar-refractivity contribution in [1.82, 2.24) is 4.98 Å². The number of ether oxygens (including phenoxy) is 1. The maximum Gasteiger partial charge on any atom is 0.239 e. The quantitative estimate of drug-likeness (QED) is 0.691. The van der Waals surface area contributed by atoms with Crippen LogP contribution in [0.3, 0.4) is 0 Å². The van der Waals surface area contributed by atoms with Crippen molar-refractivity contribution >= 4 is 11.5 Å². The van der Waals surface area contributed by atoms with Gasteiger partial charge in [0.2, 0.25) is 5.88 Å². The topological polar surface area (TPSA) is 80.4 Å². The third-order valence-electron chi connectivity index (χ3n) is 2.43. The molecule has 5 heteroatoms. The summed E-state index contributed by atoms with van der Waals surface area (Å²) in [6, 6.07) is 3.52. The molecule has 0 aliphatic rings. The summed E-state index contributed by atoms with van der Waals surface area (Å²) in [5, 5.41) is 12.8. The first-order valence-electron chi connectivity index (χ1n) is 6.34. The third-order valence-corrected chi connectivity index (χ3v) is 2.43. The van der Waals surface area contributed by atoms with Crippen molar-refractivity contribution in [2.24, 2.45) is 5.92 Å². The van der Waals surface area contributed by atoms with E-state index in [2.05, 4.69) is 24.1 Å². The van der Waals surface area contributed by atoms with Gasteiger partial charge in [0, 0.05) is 6.54 Å². The van der Waals surface area contributed by atoms with Gasteiger partial charge in [0.1, 0.15) is 5.82 Å². The van der Waals surface area contributed by atoms with Gasteiger partial charge in [0.15, 0.2) is 0 Å². The van der Waals surface area contributed by atoms with E-state index < -0.39 is 0 Å². The Morgan fingerprint density at radius 1 is 1.44 bits per heavy atom. The normalized spacial score (nSPS) is 12.5. The van der Waals surface area contributed by atoms with E-state index in [9.17, 15) is 5.11 Å². The Bertz CT molecular complexity index is 369. The summed E-state index contributed by atoms with van der Waals surface area (Å²) < 4.78 is 5.31. The lowest BCUT2D eigenvalue weighted by atomic mass is 10.1. The molecule has 0 fully saturated rings. The molecule has 0 amide bonds. The van der Waals surface area contributed by atoms with Crippen LogP contribution >= 0.6 is 0 Å².